The molecule has 0 heterocycles. The van der Waals surface area contributed by atoms with Crippen molar-refractivity contribution >= 4 is 23.6 Å². The van der Waals surface area contributed by atoms with E-state index in [0.29, 0.717) is 25.1 Å². The van der Waals surface area contributed by atoms with Crippen molar-refractivity contribution in [2.24, 2.45) is 0 Å². The molecule has 3 aromatic carbocycles. The molecule has 0 aliphatic rings. The van der Waals surface area contributed by atoms with Gasteiger partial charge in [-0.15, -0.1) is 11.8 Å². The fraction of sp³-hybridized carbons (Fsp3) is 0.286. The molecule has 0 saturated carbocycles. The predicted octanol–water partition coefficient (Wildman–Crippen LogP) is 5.47. The third kappa shape index (κ3) is 8.03. The highest BCUT2D eigenvalue weighted by Gasteiger charge is 2.30. The highest BCUT2D eigenvalue weighted by atomic mass is 32.2. The molecule has 3 rings (SSSR count). The standard InChI is InChI=1S/C28H31FN2O2S/c1-2-18-30-28(33)26(20-22-9-5-3-6-10-22)31(21-23-13-15-24(29)16-14-23)27(32)17-19-34-25-11-7-4-8-12-25/h3-16,26H,2,17-21H2,1H3,(H,30,33)/t26-/m1/s1. The Morgan fingerprint density at radius 3 is 2.21 bits per heavy atom. The number of benzene rings is 3. The number of amides is 2. The summed E-state index contributed by atoms with van der Waals surface area (Å²) in [7, 11) is 0. The van der Waals surface area contributed by atoms with Gasteiger partial charge in [0, 0.05) is 36.6 Å². The van der Waals surface area contributed by atoms with Gasteiger partial charge in [0.15, 0.2) is 0 Å². The van der Waals surface area contributed by atoms with Crippen LogP contribution in [0.1, 0.15) is 30.9 Å². The molecular formula is C28H31FN2O2S. The third-order valence-electron chi connectivity index (χ3n) is 5.41. The molecule has 2 amide bonds. The van der Waals surface area contributed by atoms with Crippen molar-refractivity contribution in [1.29, 1.82) is 0 Å². The van der Waals surface area contributed by atoms with E-state index >= 15 is 0 Å². The Morgan fingerprint density at radius 2 is 1.56 bits per heavy atom. The van der Waals surface area contributed by atoms with E-state index in [2.05, 4.69) is 5.32 Å². The fourth-order valence-corrected chi connectivity index (χ4v) is 4.48. The summed E-state index contributed by atoms with van der Waals surface area (Å²) in [4.78, 5) is 29.4. The van der Waals surface area contributed by atoms with Crippen LogP contribution in [0.4, 0.5) is 4.39 Å². The minimum Gasteiger partial charge on any atom is -0.354 e. The molecule has 6 heteroatoms. The number of hydrogen-bond acceptors (Lipinski definition) is 3. The van der Waals surface area contributed by atoms with Crippen LogP contribution in [-0.4, -0.2) is 35.1 Å². The minimum atomic E-state index is -0.659. The zero-order valence-electron chi connectivity index (χ0n) is 19.5. The monoisotopic (exact) mass is 478 g/mol. The van der Waals surface area contributed by atoms with Crippen LogP contribution in [-0.2, 0) is 22.6 Å². The van der Waals surface area contributed by atoms with Gasteiger partial charge in [-0.1, -0.05) is 67.6 Å². The molecule has 178 valence electrons. The van der Waals surface area contributed by atoms with Gasteiger partial charge in [0.05, 0.1) is 0 Å². The largest absolute Gasteiger partial charge is 0.354 e. The summed E-state index contributed by atoms with van der Waals surface area (Å²) in [6.45, 7) is 2.79. The first kappa shape index (κ1) is 25.5. The van der Waals surface area contributed by atoms with Crippen LogP contribution in [0.3, 0.4) is 0 Å². The summed E-state index contributed by atoms with van der Waals surface area (Å²) in [6.07, 6.45) is 1.52. The second-order valence-corrected chi connectivity index (χ2v) is 9.22. The van der Waals surface area contributed by atoms with Gasteiger partial charge < -0.3 is 10.2 Å². The molecule has 0 radical (unpaired) electrons. The quantitative estimate of drug-likeness (QED) is 0.351. The molecular weight excluding hydrogens is 447 g/mol. The van der Waals surface area contributed by atoms with Gasteiger partial charge in [0.2, 0.25) is 11.8 Å². The van der Waals surface area contributed by atoms with E-state index in [1.54, 1.807) is 28.8 Å². The lowest BCUT2D eigenvalue weighted by molar-refractivity contribution is -0.141. The lowest BCUT2D eigenvalue weighted by atomic mass is 10.0. The summed E-state index contributed by atoms with van der Waals surface area (Å²) in [6, 6.07) is 25.1. The van der Waals surface area contributed by atoms with Gasteiger partial charge in [-0.3, -0.25) is 9.59 Å². The molecule has 1 atom stereocenters. The SMILES string of the molecule is CCCNC(=O)[C@@H](Cc1ccccc1)N(Cc1ccc(F)cc1)C(=O)CCSc1ccccc1. The van der Waals surface area contributed by atoms with E-state index in [4.69, 9.17) is 0 Å². The summed E-state index contributed by atoms with van der Waals surface area (Å²) in [5.41, 5.74) is 1.77. The van der Waals surface area contributed by atoms with Crippen LogP contribution in [0, 0.1) is 5.82 Å². The first-order valence-electron chi connectivity index (χ1n) is 11.6. The Labute approximate surface area is 205 Å². The maximum Gasteiger partial charge on any atom is 0.243 e. The average Bonchev–Trinajstić information content (AvgIpc) is 2.87. The number of hydrogen-bond donors (Lipinski definition) is 1. The molecule has 1 N–H and O–H groups in total. The number of halogens is 1. The topological polar surface area (TPSA) is 49.4 Å². The molecule has 0 unspecified atom stereocenters. The number of nitrogens with one attached hydrogen (secondary N) is 1. The predicted molar refractivity (Wildman–Crippen MR) is 136 cm³/mol. The van der Waals surface area contributed by atoms with Crippen LogP contribution in [0.5, 0.6) is 0 Å². The lowest BCUT2D eigenvalue weighted by Gasteiger charge is -2.31. The minimum absolute atomic E-state index is 0.0969. The van der Waals surface area contributed by atoms with E-state index in [-0.39, 0.29) is 24.2 Å². The van der Waals surface area contributed by atoms with E-state index in [1.165, 1.54) is 12.1 Å². The number of rotatable bonds is 12. The fourth-order valence-electron chi connectivity index (χ4n) is 3.62. The Kier molecular flexibility index (Phi) is 10.2. The molecule has 0 aliphatic heterocycles. The second-order valence-electron chi connectivity index (χ2n) is 8.06. The van der Waals surface area contributed by atoms with Crippen LogP contribution in [0.2, 0.25) is 0 Å². The number of carbonyl (C=O) groups excluding carboxylic acids is 2. The van der Waals surface area contributed by atoms with Gasteiger partial charge in [0.1, 0.15) is 11.9 Å². The van der Waals surface area contributed by atoms with Crippen LogP contribution >= 0.6 is 11.8 Å². The molecule has 0 fully saturated rings. The molecule has 4 nitrogen and oxygen atoms in total. The van der Waals surface area contributed by atoms with Crippen LogP contribution < -0.4 is 5.32 Å². The van der Waals surface area contributed by atoms with Crippen LogP contribution in [0.15, 0.2) is 89.8 Å². The zero-order valence-corrected chi connectivity index (χ0v) is 20.3. The van der Waals surface area contributed by atoms with Crippen molar-refractivity contribution in [2.75, 3.05) is 12.3 Å². The summed E-state index contributed by atoms with van der Waals surface area (Å²) >= 11 is 1.61. The van der Waals surface area contributed by atoms with Gasteiger partial charge in [-0.25, -0.2) is 4.39 Å². The molecule has 0 spiro atoms. The Morgan fingerprint density at radius 1 is 0.912 bits per heavy atom. The van der Waals surface area contributed by atoms with Crippen molar-refractivity contribution in [3.63, 3.8) is 0 Å². The molecule has 3 aromatic rings. The molecule has 0 saturated heterocycles. The summed E-state index contributed by atoms with van der Waals surface area (Å²) in [5, 5.41) is 2.97. The Balaban J connectivity index is 1.82. The normalized spacial score (nSPS) is 11.6. The van der Waals surface area contributed by atoms with Crippen molar-refractivity contribution in [2.45, 2.75) is 43.7 Å². The number of thioether (sulfide) groups is 1. The Hall–Kier alpha value is -3.12. The highest BCUT2D eigenvalue weighted by Crippen LogP contribution is 2.21. The van der Waals surface area contributed by atoms with Crippen LogP contribution in [0.25, 0.3) is 0 Å². The maximum absolute atomic E-state index is 13.5. The van der Waals surface area contributed by atoms with Gasteiger partial charge in [-0.2, -0.15) is 0 Å². The van der Waals surface area contributed by atoms with Gasteiger partial charge in [0.25, 0.3) is 0 Å². The third-order valence-corrected chi connectivity index (χ3v) is 6.43. The summed E-state index contributed by atoms with van der Waals surface area (Å²) in [5.74, 6) is 0.0110. The van der Waals surface area contributed by atoms with Crippen molar-refractivity contribution in [3.05, 3.63) is 102 Å². The van der Waals surface area contributed by atoms with Crippen molar-refractivity contribution in [3.8, 4) is 0 Å². The zero-order chi connectivity index (χ0) is 24.2. The second kappa shape index (κ2) is 13.6. The van der Waals surface area contributed by atoms with E-state index in [0.717, 1.165) is 22.4 Å². The van der Waals surface area contributed by atoms with Crippen molar-refractivity contribution in [1.82, 2.24) is 10.2 Å². The van der Waals surface area contributed by atoms with E-state index < -0.39 is 6.04 Å². The molecule has 0 aromatic heterocycles. The smallest absolute Gasteiger partial charge is 0.243 e. The van der Waals surface area contributed by atoms with E-state index in [1.807, 2.05) is 67.6 Å². The van der Waals surface area contributed by atoms with Crippen molar-refractivity contribution < 1.29 is 14.0 Å². The number of carbonyl (C=O) groups is 2. The highest BCUT2D eigenvalue weighted by molar-refractivity contribution is 7.99. The molecule has 0 aliphatic carbocycles. The first-order valence-corrected chi connectivity index (χ1v) is 12.6. The number of nitrogens with zero attached hydrogens (tertiary/aromatic N) is 1. The van der Waals surface area contributed by atoms with E-state index in [9.17, 15) is 14.0 Å². The van der Waals surface area contributed by atoms with Gasteiger partial charge >= 0.3 is 0 Å². The molecule has 34 heavy (non-hydrogen) atoms. The van der Waals surface area contributed by atoms with Gasteiger partial charge in [-0.05, 0) is 41.8 Å². The Bertz CT molecular complexity index is 1030. The lowest BCUT2D eigenvalue weighted by Crippen LogP contribution is -2.50. The molecule has 0 bridgehead atoms. The summed E-state index contributed by atoms with van der Waals surface area (Å²) < 4.78 is 13.5. The maximum atomic E-state index is 13.5. The average molecular weight is 479 g/mol. The first-order chi connectivity index (χ1) is 16.6.